The monoisotopic (exact) mass is 294 g/mol. The molecule has 0 radical (unpaired) electrons. The van der Waals surface area contributed by atoms with Crippen LogP contribution in [0.5, 0.6) is 0 Å². The van der Waals surface area contributed by atoms with E-state index >= 15 is 0 Å². The van der Waals surface area contributed by atoms with Gasteiger partial charge in [0.15, 0.2) is 0 Å². The van der Waals surface area contributed by atoms with E-state index in [-0.39, 0.29) is 25.1 Å². The summed E-state index contributed by atoms with van der Waals surface area (Å²) < 4.78 is 10.3. The second kappa shape index (κ2) is 6.13. The SMILES string of the molecule is O=C(NC1CCOCC1)[C@@H]1COC(=O)N1Cc1cnc[nH]1. The minimum Gasteiger partial charge on any atom is -0.447 e. The number of hydrogen-bond acceptors (Lipinski definition) is 5. The van der Waals surface area contributed by atoms with Crippen molar-refractivity contribution >= 4 is 12.0 Å². The Bertz CT molecular complexity index is 498. The smallest absolute Gasteiger partial charge is 0.411 e. The lowest BCUT2D eigenvalue weighted by Crippen LogP contribution is -2.49. The molecule has 1 aromatic rings. The first kappa shape index (κ1) is 13.9. The van der Waals surface area contributed by atoms with Crippen molar-refractivity contribution in [3.05, 3.63) is 18.2 Å². The van der Waals surface area contributed by atoms with Gasteiger partial charge in [0, 0.05) is 25.5 Å². The van der Waals surface area contributed by atoms with Gasteiger partial charge in [0.1, 0.15) is 12.6 Å². The summed E-state index contributed by atoms with van der Waals surface area (Å²) in [5.74, 6) is -0.174. The summed E-state index contributed by atoms with van der Waals surface area (Å²) >= 11 is 0. The van der Waals surface area contributed by atoms with E-state index in [0.29, 0.717) is 13.2 Å². The lowest BCUT2D eigenvalue weighted by atomic mass is 10.1. The fourth-order valence-electron chi connectivity index (χ4n) is 2.54. The second-order valence-electron chi connectivity index (χ2n) is 5.19. The van der Waals surface area contributed by atoms with Gasteiger partial charge in [-0.25, -0.2) is 9.78 Å². The van der Waals surface area contributed by atoms with Crippen molar-refractivity contribution in [1.29, 1.82) is 0 Å². The highest BCUT2D eigenvalue weighted by atomic mass is 16.6. The lowest BCUT2D eigenvalue weighted by molar-refractivity contribution is -0.126. The molecule has 2 fully saturated rings. The lowest BCUT2D eigenvalue weighted by Gasteiger charge is -2.26. The molecule has 1 atom stereocenters. The van der Waals surface area contributed by atoms with E-state index in [9.17, 15) is 9.59 Å². The van der Waals surface area contributed by atoms with E-state index in [1.807, 2.05) is 0 Å². The number of carbonyl (C=O) groups is 2. The Morgan fingerprint density at radius 3 is 3.00 bits per heavy atom. The fourth-order valence-corrected chi connectivity index (χ4v) is 2.54. The summed E-state index contributed by atoms with van der Waals surface area (Å²) in [6.07, 6.45) is 4.28. The highest BCUT2D eigenvalue weighted by molar-refractivity contribution is 5.88. The van der Waals surface area contributed by atoms with E-state index in [4.69, 9.17) is 9.47 Å². The van der Waals surface area contributed by atoms with E-state index in [2.05, 4.69) is 15.3 Å². The van der Waals surface area contributed by atoms with Gasteiger partial charge in [0.25, 0.3) is 0 Å². The number of nitrogens with zero attached hydrogens (tertiary/aromatic N) is 2. The zero-order chi connectivity index (χ0) is 14.7. The number of aromatic amines is 1. The van der Waals surface area contributed by atoms with Crippen molar-refractivity contribution < 1.29 is 19.1 Å². The Morgan fingerprint density at radius 2 is 2.29 bits per heavy atom. The summed E-state index contributed by atoms with van der Waals surface area (Å²) in [4.78, 5) is 32.4. The minimum absolute atomic E-state index is 0.0853. The van der Waals surface area contributed by atoms with E-state index < -0.39 is 12.1 Å². The van der Waals surface area contributed by atoms with Gasteiger partial charge in [-0.1, -0.05) is 0 Å². The molecule has 0 aromatic carbocycles. The maximum absolute atomic E-state index is 12.3. The number of ether oxygens (including phenoxy) is 2. The Kier molecular flexibility index (Phi) is 4.05. The molecule has 21 heavy (non-hydrogen) atoms. The van der Waals surface area contributed by atoms with Gasteiger partial charge in [-0.15, -0.1) is 0 Å². The topological polar surface area (TPSA) is 96.5 Å². The van der Waals surface area contributed by atoms with Gasteiger partial charge < -0.3 is 19.8 Å². The van der Waals surface area contributed by atoms with E-state index in [0.717, 1.165) is 18.5 Å². The molecule has 0 unspecified atom stereocenters. The quantitative estimate of drug-likeness (QED) is 0.816. The largest absolute Gasteiger partial charge is 0.447 e. The number of rotatable bonds is 4. The van der Waals surface area contributed by atoms with Crippen molar-refractivity contribution in [1.82, 2.24) is 20.2 Å². The average Bonchev–Trinajstić information content (AvgIpc) is 3.12. The summed E-state index contributed by atoms with van der Waals surface area (Å²) in [6.45, 7) is 1.68. The molecule has 8 heteroatoms. The molecule has 8 nitrogen and oxygen atoms in total. The van der Waals surface area contributed by atoms with Crippen LogP contribution in [0.1, 0.15) is 18.5 Å². The van der Waals surface area contributed by atoms with Crippen LogP contribution in [-0.2, 0) is 20.8 Å². The van der Waals surface area contributed by atoms with Gasteiger partial charge in [0.05, 0.1) is 18.6 Å². The molecule has 2 aliphatic heterocycles. The average molecular weight is 294 g/mol. The van der Waals surface area contributed by atoms with Gasteiger partial charge in [-0.2, -0.15) is 0 Å². The van der Waals surface area contributed by atoms with Gasteiger partial charge in [0.2, 0.25) is 5.91 Å². The zero-order valence-corrected chi connectivity index (χ0v) is 11.6. The number of aromatic nitrogens is 2. The van der Waals surface area contributed by atoms with Crippen LogP contribution in [0.4, 0.5) is 4.79 Å². The Morgan fingerprint density at radius 1 is 1.48 bits per heavy atom. The van der Waals surface area contributed by atoms with Crippen LogP contribution >= 0.6 is 0 Å². The van der Waals surface area contributed by atoms with Crippen molar-refractivity contribution in [3.63, 3.8) is 0 Å². The first-order valence-corrected chi connectivity index (χ1v) is 7.03. The number of carbonyl (C=O) groups excluding carboxylic acids is 2. The van der Waals surface area contributed by atoms with Crippen LogP contribution in [0, 0.1) is 0 Å². The molecule has 1 aromatic heterocycles. The third-order valence-corrected chi connectivity index (χ3v) is 3.74. The Hall–Kier alpha value is -2.09. The molecular formula is C13H18N4O4. The van der Waals surface area contributed by atoms with Gasteiger partial charge in [-0.05, 0) is 12.8 Å². The summed E-state index contributed by atoms with van der Waals surface area (Å²) in [7, 11) is 0. The Labute approximate surface area is 121 Å². The number of imidazole rings is 1. The molecule has 114 valence electrons. The molecule has 0 saturated carbocycles. The Balaban J connectivity index is 1.62. The fraction of sp³-hybridized carbons (Fsp3) is 0.615. The van der Waals surface area contributed by atoms with Crippen LogP contribution in [-0.4, -0.2) is 58.8 Å². The molecule has 3 heterocycles. The van der Waals surface area contributed by atoms with Crippen LogP contribution in [0.15, 0.2) is 12.5 Å². The summed E-state index contributed by atoms with van der Waals surface area (Å²) in [5.41, 5.74) is 0.762. The molecule has 0 bridgehead atoms. The van der Waals surface area contributed by atoms with Crippen molar-refractivity contribution in [2.75, 3.05) is 19.8 Å². The number of cyclic esters (lactones) is 1. The first-order valence-electron chi connectivity index (χ1n) is 7.03. The predicted octanol–water partition coefficient (Wildman–Crippen LogP) is 0.0257. The number of hydrogen-bond donors (Lipinski definition) is 2. The maximum atomic E-state index is 12.3. The van der Waals surface area contributed by atoms with Crippen LogP contribution in [0.3, 0.4) is 0 Å². The van der Waals surface area contributed by atoms with Gasteiger partial charge >= 0.3 is 6.09 Å². The third-order valence-electron chi connectivity index (χ3n) is 3.74. The van der Waals surface area contributed by atoms with Gasteiger partial charge in [-0.3, -0.25) is 9.69 Å². The molecule has 3 rings (SSSR count). The number of amides is 2. The van der Waals surface area contributed by atoms with E-state index in [1.165, 1.54) is 11.2 Å². The van der Waals surface area contributed by atoms with Crippen molar-refractivity contribution in [2.24, 2.45) is 0 Å². The summed E-state index contributed by atoms with van der Waals surface area (Å²) in [5, 5.41) is 2.97. The first-order chi connectivity index (χ1) is 10.2. The standard InChI is InChI=1S/C13H18N4O4/c18-12(16-9-1-3-20-4-2-9)11-7-21-13(19)17(11)6-10-5-14-8-15-10/h5,8-9,11H,1-4,6-7H2,(H,14,15)(H,16,18)/t11-/m0/s1. The molecule has 2 N–H and O–H groups in total. The van der Waals surface area contributed by atoms with Crippen molar-refractivity contribution in [2.45, 2.75) is 31.5 Å². The van der Waals surface area contributed by atoms with Crippen molar-refractivity contribution in [3.8, 4) is 0 Å². The molecule has 0 spiro atoms. The normalized spacial score (nSPS) is 23.1. The third kappa shape index (κ3) is 3.15. The molecular weight excluding hydrogens is 276 g/mol. The molecule has 2 aliphatic rings. The highest BCUT2D eigenvalue weighted by Crippen LogP contribution is 2.16. The molecule has 0 aliphatic carbocycles. The highest BCUT2D eigenvalue weighted by Gasteiger charge is 2.38. The zero-order valence-electron chi connectivity index (χ0n) is 11.6. The molecule has 2 amide bonds. The summed E-state index contributed by atoms with van der Waals surface area (Å²) in [6, 6.07) is -0.486. The van der Waals surface area contributed by atoms with Crippen LogP contribution < -0.4 is 5.32 Å². The van der Waals surface area contributed by atoms with Crippen LogP contribution in [0.25, 0.3) is 0 Å². The predicted molar refractivity (Wildman–Crippen MR) is 71.3 cm³/mol. The molecule has 2 saturated heterocycles. The maximum Gasteiger partial charge on any atom is 0.411 e. The minimum atomic E-state index is -0.594. The second-order valence-corrected chi connectivity index (χ2v) is 5.19. The number of H-pyrrole nitrogens is 1. The van der Waals surface area contributed by atoms with Crippen LogP contribution in [0.2, 0.25) is 0 Å². The van der Waals surface area contributed by atoms with E-state index in [1.54, 1.807) is 6.20 Å². The number of nitrogens with one attached hydrogen (secondary N) is 2.